The minimum atomic E-state index is 0.502. The molecule has 0 N–H and O–H groups in total. The minimum absolute atomic E-state index is 0.502. The smallest absolute Gasteiger partial charge is 0.139 e. The molecule has 1 nitrogen and oxygen atoms in total. The van der Waals surface area contributed by atoms with Gasteiger partial charge in [0.1, 0.15) is 7.85 Å². The lowest BCUT2D eigenvalue weighted by Crippen LogP contribution is -2.09. The monoisotopic (exact) mass is 527 g/mol. The molecule has 6 aromatic rings. The highest BCUT2D eigenvalue weighted by molar-refractivity contribution is 6.33. The first-order valence-corrected chi connectivity index (χ1v) is 14.4. The number of rotatable bonds is 7. The summed E-state index contributed by atoms with van der Waals surface area (Å²) in [6.45, 7) is 4.49. The first kappa shape index (κ1) is 26.4. The molecule has 0 amide bonds. The summed E-state index contributed by atoms with van der Waals surface area (Å²) in [6.07, 6.45) is 2.32. The summed E-state index contributed by atoms with van der Waals surface area (Å²) in [5.41, 5.74) is 10.9. The predicted molar refractivity (Wildman–Crippen MR) is 181 cm³/mol. The molecule has 0 saturated heterocycles. The Morgan fingerprint density at radius 2 is 1.07 bits per heavy atom. The van der Waals surface area contributed by atoms with Gasteiger partial charge in [-0.1, -0.05) is 122 Å². The molecular weight excluding hydrogens is 493 g/mol. The average Bonchev–Trinajstić information content (AvgIpc) is 3.01. The van der Waals surface area contributed by atoms with Crippen molar-refractivity contribution in [1.82, 2.24) is 0 Å². The summed E-state index contributed by atoms with van der Waals surface area (Å²) in [5, 5.41) is 2.53. The van der Waals surface area contributed by atoms with Crippen molar-refractivity contribution in [3.05, 3.63) is 168 Å². The van der Waals surface area contributed by atoms with Gasteiger partial charge in [-0.05, 0) is 93.1 Å². The van der Waals surface area contributed by atoms with Gasteiger partial charge in [0, 0.05) is 17.1 Å². The van der Waals surface area contributed by atoms with Crippen LogP contribution < -0.4 is 10.4 Å². The first-order chi connectivity index (χ1) is 20.0. The Kier molecular flexibility index (Phi) is 7.56. The van der Waals surface area contributed by atoms with Crippen molar-refractivity contribution in [3.63, 3.8) is 0 Å². The topological polar surface area (TPSA) is 3.24 Å². The molecule has 0 atom stereocenters. The van der Waals surface area contributed by atoms with Crippen LogP contribution in [-0.4, -0.2) is 7.85 Å². The van der Waals surface area contributed by atoms with Gasteiger partial charge in [-0.2, -0.15) is 0 Å². The molecule has 0 heterocycles. The maximum atomic E-state index is 2.32. The summed E-state index contributed by atoms with van der Waals surface area (Å²) in [6, 6.07) is 52.5. The summed E-state index contributed by atoms with van der Waals surface area (Å²) >= 11 is 0. The Labute approximate surface area is 244 Å². The number of hydrogen-bond donors (Lipinski definition) is 0. The van der Waals surface area contributed by atoms with E-state index in [4.69, 9.17) is 0 Å². The fraction of sp³-hybridized carbons (Fsp3) is 0.0769. The number of hydrogen-bond acceptors (Lipinski definition) is 1. The maximum absolute atomic E-state index is 2.32. The van der Waals surface area contributed by atoms with Gasteiger partial charge < -0.3 is 4.90 Å². The second-order valence-corrected chi connectivity index (χ2v) is 11.0. The second-order valence-electron chi connectivity index (χ2n) is 11.0. The molecule has 0 aromatic heterocycles. The lowest BCUT2D eigenvalue weighted by molar-refractivity contribution is 0.866. The summed E-state index contributed by atoms with van der Waals surface area (Å²) in [7, 11) is 2.15. The first-order valence-electron chi connectivity index (χ1n) is 14.4. The van der Waals surface area contributed by atoms with Crippen LogP contribution in [0.4, 0.5) is 17.1 Å². The Balaban J connectivity index is 1.44. The van der Waals surface area contributed by atoms with Crippen molar-refractivity contribution in [3.8, 4) is 0 Å². The highest BCUT2D eigenvalue weighted by Gasteiger charge is 2.13. The molecule has 0 aliphatic rings. The Bertz CT molecular complexity index is 1750. The number of nitrogens with zero attached hydrogens (tertiary/aromatic N) is 1. The van der Waals surface area contributed by atoms with Gasteiger partial charge in [-0.3, -0.25) is 0 Å². The zero-order valence-electron chi connectivity index (χ0n) is 24.0. The number of anilines is 3. The van der Waals surface area contributed by atoms with E-state index < -0.39 is 0 Å². The predicted octanol–water partition coefficient (Wildman–Crippen LogP) is 9.28. The molecule has 6 aromatic carbocycles. The van der Waals surface area contributed by atoms with Crippen LogP contribution in [0.25, 0.3) is 22.4 Å². The van der Waals surface area contributed by atoms with Crippen LogP contribution in [0.3, 0.4) is 0 Å². The molecule has 0 bridgehead atoms. The van der Waals surface area contributed by atoms with Crippen molar-refractivity contribution in [1.29, 1.82) is 0 Å². The molecule has 0 fully saturated rings. The normalized spacial score (nSPS) is 11.6. The van der Waals surface area contributed by atoms with Gasteiger partial charge in [0.25, 0.3) is 0 Å². The third kappa shape index (κ3) is 5.88. The lowest BCUT2D eigenvalue weighted by Gasteiger charge is -2.25. The average molecular weight is 528 g/mol. The van der Waals surface area contributed by atoms with Crippen molar-refractivity contribution in [2.24, 2.45) is 0 Å². The van der Waals surface area contributed by atoms with Gasteiger partial charge >= 0.3 is 0 Å². The molecule has 0 spiro atoms. The van der Waals surface area contributed by atoms with Crippen LogP contribution in [0.5, 0.6) is 0 Å². The van der Waals surface area contributed by atoms with Crippen LogP contribution in [0.15, 0.2) is 146 Å². The fourth-order valence-corrected chi connectivity index (χ4v) is 5.41. The third-order valence-electron chi connectivity index (χ3n) is 7.68. The lowest BCUT2D eigenvalue weighted by atomic mass is 9.91. The Morgan fingerprint density at radius 1 is 0.561 bits per heavy atom. The van der Waals surface area contributed by atoms with E-state index in [1.165, 1.54) is 44.1 Å². The molecule has 6 rings (SSSR count). The van der Waals surface area contributed by atoms with Gasteiger partial charge in [0.15, 0.2) is 0 Å². The Morgan fingerprint density at radius 3 is 1.66 bits per heavy atom. The summed E-state index contributed by atoms with van der Waals surface area (Å²) in [5.74, 6) is 0.502. The van der Waals surface area contributed by atoms with Gasteiger partial charge in [0.2, 0.25) is 0 Å². The molecule has 0 aliphatic carbocycles. The highest BCUT2D eigenvalue weighted by atomic mass is 15.1. The SMILES string of the molecule is Bc1ccc2cc(/C=C(\c3ccc(C(C)C)cc3)c3ccc(N(c4ccccc4)c4ccccc4)cc3)ccc2c1. The quantitative estimate of drug-likeness (QED) is 0.148. The Hall–Kier alpha value is -4.82. The van der Waals surface area contributed by atoms with Crippen LogP contribution >= 0.6 is 0 Å². The van der Waals surface area contributed by atoms with E-state index in [2.05, 4.69) is 178 Å². The van der Waals surface area contributed by atoms with Crippen molar-refractivity contribution in [2.75, 3.05) is 4.90 Å². The fourth-order valence-electron chi connectivity index (χ4n) is 5.41. The van der Waals surface area contributed by atoms with Crippen LogP contribution in [-0.2, 0) is 0 Å². The minimum Gasteiger partial charge on any atom is -0.311 e. The van der Waals surface area contributed by atoms with E-state index >= 15 is 0 Å². The van der Waals surface area contributed by atoms with Gasteiger partial charge in [-0.25, -0.2) is 0 Å². The molecule has 0 radical (unpaired) electrons. The molecular formula is C39H34BN. The molecule has 198 valence electrons. The number of fused-ring (bicyclic) bond motifs is 1. The molecule has 2 heteroatoms. The maximum Gasteiger partial charge on any atom is 0.139 e. The molecule has 0 saturated carbocycles. The summed E-state index contributed by atoms with van der Waals surface area (Å²) in [4.78, 5) is 2.30. The van der Waals surface area contributed by atoms with Crippen LogP contribution in [0.2, 0.25) is 0 Å². The second kappa shape index (κ2) is 11.7. The number of para-hydroxylation sites is 2. The van der Waals surface area contributed by atoms with Crippen molar-refractivity contribution < 1.29 is 0 Å². The van der Waals surface area contributed by atoms with Crippen LogP contribution in [0.1, 0.15) is 42.0 Å². The van der Waals surface area contributed by atoms with E-state index in [9.17, 15) is 0 Å². The van der Waals surface area contributed by atoms with Crippen molar-refractivity contribution >= 4 is 52.8 Å². The number of benzene rings is 6. The zero-order chi connectivity index (χ0) is 28.2. The largest absolute Gasteiger partial charge is 0.311 e. The van der Waals surface area contributed by atoms with Gasteiger partial charge in [0.05, 0.1) is 0 Å². The standard InChI is InChI=1S/C39H34BN/c1-28(2)30-15-17-31(18-16-30)39(26-29-13-14-34-27-35(40)22-19-33(34)25-29)32-20-23-38(24-21-32)41(36-9-5-3-6-10-36)37-11-7-4-8-12-37/h3-28H,40H2,1-2H3/b39-26+. The van der Waals surface area contributed by atoms with E-state index in [0.717, 1.165) is 17.1 Å². The van der Waals surface area contributed by atoms with E-state index in [1.807, 2.05) is 0 Å². The van der Waals surface area contributed by atoms with E-state index in [0.29, 0.717) is 5.92 Å². The van der Waals surface area contributed by atoms with Crippen LogP contribution in [0, 0.1) is 0 Å². The third-order valence-corrected chi connectivity index (χ3v) is 7.68. The zero-order valence-corrected chi connectivity index (χ0v) is 24.0. The molecule has 41 heavy (non-hydrogen) atoms. The van der Waals surface area contributed by atoms with Crippen molar-refractivity contribution in [2.45, 2.75) is 19.8 Å². The van der Waals surface area contributed by atoms with Gasteiger partial charge in [-0.15, -0.1) is 0 Å². The van der Waals surface area contributed by atoms with E-state index in [-0.39, 0.29) is 0 Å². The highest BCUT2D eigenvalue weighted by Crippen LogP contribution is 2.36. The van der Waals surface area contributed by atoms with E-state index in [1.54, 1.807) is 0 Å². The molecule has 0 aliphatic heterocycles. The summed E-state index contributed by atoms with van der Waals surface area (Å²) < 4.78 is 0. The molecule has 0 unspecified atom stereocenters.